The molecule has 278 valence electrons. The number of rotatable bonds is 7. The van der Waals surface area contributed by atoms with Gasteiger partial charge >= 0.3 is 18.6 Å². The van der Waals surface area contributed by atoms with E-state index >= 15 is 0 Å². The number of carbonyl (C=O) groups is 2. The lowest BCUT2D eigenvalue weighted by atomic mass is 9.93. The van der Waals surface area contributed by atoms with Gasteiger partial charge in [-0.2, -0.15) is 13.2 Å². The molecule has 12 nitrogen and oxygen atoms in total. The van der Waals surface area contributed by atoms with Crippen molar-refractivity contribution in [1.29, 1.82) is 0 Å². The van der Waals surface area contributed by atoms with E-state index in [1.165, 1.54) is 18.2 Å². The Hall–Kier alpha value is -5.20. The number of halogens is 6. The molecule has 2 amide bonds. The van der Waals surface area contributed by atoms with E-state index in [-0.39, 0.29) is 28.6 Å². The number of nitrogens with one attached hydrogen (secondary N) is 1. The molecule has 0 saturated heterocycles. The van der Waals surface area contributed by atoms with Gasteiger partial charge in [0.1, 0.15) is 22.8 Å². The van der Waals surface area contributed by atoms with Crippen molar-refractivity contribution in [3.05, 3.63) is 72.2 Å². The van der Waals surface area contributed by atoms with Crippen LogP contribution >= 0.6 is 0 Å². The van der Waals surface area contributed by atoms with Crippen LogP contribution in [-0.4, -0.2) is 65.5 Å². The summed E-state index contributed by atoms with van der Waals surface area (Å²) in [5, 5.41) is 9.63. The van der Waals surface area contributed by atoms with E-state index in [1.807, 2.05) is 0 Å². The van der Waals surface area contributed by atoms with Crippen molar-refractivity contribution in [2.45, 2.75) is 75.7 Å². The summed E-state index contributed by atoms with van der Waals surface area (Å²) in [6.45, 7) is 6.15. The molecule has 19 heteroatoms. The molecule has 1 aliphatic heterocycles. The Labute approximate surface area is 293 Å². The largest absolute Gasteiger partial charge is 0.573 e. The summed E-state index contributed by atoms with van der Waals surface area (Å²) < 4.78 is 121. The lowest BCUT2D eigenvalue weighted by Crippen LogP contribution is -2.51. The molecular formula is C33H31F6N5O7S. The lowest BCUT2D eigenvalue weighted by Gasteiger charge is -2.27. The molecule has 0 aliphatic carbocycles. The predicted molar refractivity (Wildman–Crippen MR) is 172 cm³/mol. The highest BCUT2D eigenvalue weighted by molar-refractivity contribution is 7.91. The zero-order valence-electron chi connectivity index (χ0n) is 28.1. The van der Waals surface area contributed by atoms with E-state index in [0.717, 1.165) is 37.1 Å². The number of nitrogens with zero attached hydrogens (tertiary/aromatic N) is 4. The molecule has 4 aromatic rings. The number of fused-ring (bicyclic) bond motifs is 1. The molecule has 52 heavy (non-hydrogen) atoms. The number of pyridine rings is 1. The summed E-state index contributed by atoms with van der Waals surface area (Å²) in [6, 6.07) is 10.6. The highest BCUT2D eigenvalue weighted by atomic mass is 32.2. The third-order valence-electron chi connectivity index (χ3n) is 7.70. The second-order valence-corrected chi connectivity index (χ2v) is 15.2. The topological polar surface area (TPSA) is 154 Å². The van der Waals surface area contributed by atoms with Crippen molar-refractivity contribution < 1.29 is 58.2 Å². The third-order valence-corrected chi connectivity index (χ3v) is 9.49. The number of aromatic nitrogens is 3. The maximum atomic E-state index is 14.1. The molecule has 0 radical (unpaired) electrons. The molecule has 0 saturated carbocycles. The first kappa shape index (κ1) is 38.0. The fourth-order valence-electron chi connectivity index (χ4n) is 4.95. The van der Waals surface area contributed by atoms with E-state index in [4.69, 9.17) is 9.15 Å². The quantitative estimate of drug-likeness (QED) is 0.201. The molecule has 2 aromatic heterocycles. The number of ether oxygens (including phenoxy) is 2. The Morgan fingerprint density at radius 2 is 1.60 bits per heavy atom. The standard InChI is InChI=1S/C33H31F6N5O7S/c1-30(2,3)51-29(46)41-23-17-52(47,48)25-13-10-20(26-42-43-28(49-26)31(4,5)32(34,35)36)14-24(25)44(27(23)45)16-18-6-8-19(9-7-18)22-12-11-21(15-40-22)50-33(37,38)39/h6-15,23H,16-17H2,1-5H3,(H,41,46)/t23-/m0/s1. The second kappa shape index (κ2) is 13.4. The third kappa shape index (κ3) is 8.46. The van der Waals surface area contributed by atoms with Crippen LogP contribution in [0, 0.1) is 0 Å². The number of anilines is 1. The van der Waals surface area contributed by atoms with E-state index in [2.05, 4.69) is 25.2 Å². The summed E-state index contributed by atoms with van der Waals surface area (Å²) in [4.78, 5) is 31.6. The maximum Gasteiger partial charge on any atom is 0.573 e. The molecule has 0 spiro atoms. The van der Waals surface area contributed by atoms with Crippen LogP contribution in [0.3, 0.4) is 0 Å². The van der Waals surface area contributed by atoms with Crippen LogP contribution in [0.1, 0.15) is 46.1 Å². The summed E-state index contributed by atoms with van der Waals surface area (Å²) in [5.41, 5.74) is -2.47. The number of amides is 2. The van der Waals surface area contributed by atoms with Crippen LogP contribution < -0.4 is 15.0 Å². The van der Waals surface area contributed by atoms with E-state index in [0.29, 0.717) is 16.8 Å². The first-order valence-electron chi connectivity index (χ1n) is 15.3. The number of sulfone groups is 1. The van der Waals surface area contributed by atoms with Crippen LogP contribution in [0.15, 0.2) is 70.1 Å². The Kier molecular flexibility index (Phi) is 9.81. The molecule has 1 aliphatic rings. The summed E-state index contributed by atoms with van der Waals surface area (Å²) in [7, 11) is -4.31. The molecule has 0 unspecified atom stereocenters. The average Bonchev–Trinajstić information content (AvgIpc) is 3.50. The smallest absolute Gasteiger partial charge is 0.444 e. The highest BCUT2D eigenvalue weighted by Crippen LogP contribution is 2.41. The number of hydrogen-bond acceptors (Lipinski definition) is 10. The Balaban J connectivity index is 1.53. The van der Waals surface area contributed by atoms with Gasteiger partial charge in [-0.15, -0.1) is 23.4 Å². The zero-order valence-corrected chi connectivity index (χ0v) is 28.9. The Morgan fingerprint density at radius 1 is 0.942 bits per heavy atom. The Morgan fingerprint density at radius 3 is 2.17 bits per heavy atom. The van der Waals surface area contributed by atoms with Gasteiger partial charge in [-0.05, 0) is 70.5 Å². The highest BCUT2D eigenvalue weighted by Gasteiger charge is 2.52. The molecular weight excluding hydrogens is 724 g/mol. The van der Waals surface area contributed by atoms with Gasteiger partial charge < -0.3 is 24.1 Å². The van der Waals surface area contributed by atoms with E-state index in [9.17, 15) is 44.3 Å². The molecule has 2 aromatic carbocycles. The van der Waals surface area contributed by atoms with Crippen molar-refractivity contribution in [3.63, 3.8) is 0 Å². The normalized spacial score (nSPS) is 16.6. The minimum Gasteiger partial charge on any atom is -0.444 e. The first-order chi connectivity index (χ1) is 23.9. The van der Waals surface area contributed by atoms with Gasteiger partial charge in [0.25, 0.3) is 5.91 Å². The minimum atomic E-state index is -4.89. The SMILES string of the molecule is CC(C)(C)OC(=O)N[C@H]1CS(=O)(=O)c2ccc(-c3nnc(C(C)(C)C(F)(F)F)o3)cc2N(Cc2ccc(-c3ccc(OC(F)(F)F)cn3)cc2)C1=O. The molecule has 1 N–H and O–H groups in total. The van der Waals surface area contributed by atoms with Crippen molar-refractivity contribution in [3.8, 4) is 28.5 Å². The van der Waals surface area contributed by atoms with Gasteiger partial charge in [0.15, 0.2) is 9.84 Å². The number of alkyl carbamates (subject to hydrolysis) is 1. The fourth-order valence-corrected chi connectivity index (χ4v) is 6.56. The number of benzene rings is 2. The number of alkyl halides is 6. The van der Waals surface area contributed by atoms with Crippen LogP contribution in [0.25, 0.3) is 22.7 Å². The van der Waals surface area contributed by atoms with Crippen molar-refractivity contribution in [2.24, 2.45) is 0 Å². The fraction of sp³-hybridized carbons (Fsp3) is 0.364. The molecule has 0 fully saturated rings. The van der Waals surface area contributed by atoms with Gasteiger partial charge in [0.05, 0.1) is 34.8 Å². The summed E-state index contributed by atoms with van der Waals surface area (Å²) >= 11 is 0. The van der Waals surface area contributed by atoms with Gasteiger partial charge in [-0.25, -0.2) is 13.2 Å². The van der Waals surface area contributed by atoms with Gasteiger partial charge in [-0.3, -0.25) is 9.78 Å². The van der Waals surface area contributed by atoms with Crippen LogP contribution in [-0.2, 0) is 31.3 Å². The lowest BCUT2D eigenvalue weighted by molar-refractivity contribution is -0.274. The van der Waals surface area contributed by atoms with Crippen molar-refractivity contribution in [1.82, 2.24) is 20.5 Å². The summed E-state index contributed by atoms with van der Waals surface area (Å²) in [5.74, 6) is -3.35. The monoisotopic (exact) mass is 755 g/mol. The predicted octanol–water partition coefficient (Wildman–Crippen LogP) is 6.75. The van der Waals surface area contributed by atoms with Gasteiger partial charge in [0.2, 0.25) is 11.8 Å². The van der Waals surface area contributed by atoms with Crippen LogP contribution in [0.4, 0.5) is 36.8 Å². The first-order valence-corrected chi connectivity index (χ1v) is 17.0. The van der Waals surface area contributed by atoms with Crippen molar-refractivity contribution >= 4 is 27.5 Å². The number of carbonyl (C=O) groups excluding carboxylic acids is 2. The number of hydrogen-bond donors (Lipinski definition) is 1. The van der Waals surface area contributed by atoms with E-state index in [1.54, 1.807) is 45.0 Å². The van der Waals surface area contributed by atoms with Gasteiger partial charge in [-0.1, -0.05) is 24.3 Å². The average molecular weight is 756 g/mol. The van der Waals surface area contributed by atoms with Crippen LogP contribution in [0.2, 0.25) is 0 Å². The van der Waals surface area contributed by atoms with Crippen LogP contribution in [0.5, 0.6) is 5.75 Å². The molecule has 3 heterocycles. The van der Waals surface area contributed by atoms with E-state index < -0.39 is 68.8 Å². The van der Waals surface area contributed by atoms with Gasteiger partial charge in [0, 0.05) is 11.1 Å². The Bertz CT molecular complexity index is 2080. The second-order valence-electron chi connectivity index (χ2n) is 13.2. The minimum absolute atomic E-state index is 0.00129. The zero-order chi connectivity index (χ0) is 38.4. The molecule has 1 atom stereocenters. The summed E-state index contributed by atoms with van der Waals surface area (Å²) in [6.07, 6.45) is -9.79. The van der Waals surface area contributed by atoms with Crippen molar-refractivity contribution in [2.75, 3.05) is 10.7 Å². The molecule has 0 bridgehead atoms. The molecule has 5 rings (SSSR count). The maximum absolute atomic E-state index is 14.1.